The molecule has 7 nitrogen and oxygen atoms in total. The molecule has 3 rings (SSSR count). The van der Waals surface area contributed by atoms with E-state index in [-0.39, 0.29) is 30.0 Å². The number of rotatable bonds is 5. The number of hydrogen-bond donors (Lipinski definition) is 1. The second-order valence-corrected chi connectivity index (χ2v) is 7.49. The molecule has 1 aromatic carbocycles. The van der Waals surface area contributed by atoms with Crippen LogP contribution >= 0.6 is 0 Å². The van der Waals surface area contributed by atoms with E-state index in [2.05, 4.69) is 16.3 Å². The Hall–Kier alpha value is -2.92. The number of aromatic nitrogens is 2. The summed E-state index contributed by atoms with van der Waals surface area (Å²) in [5, 5.41) is 12.2. The Morgan fingerprint density at radius 3 is 2.74 bits per heavy atom. The normalized spacial score (nSPS) is 15.3. The van der Waals surface area contributed by atoms with E-state index in [1.807, 2.05) is 13.8 Å². The molecule has 0 saturated carbocycles. The quantitative estimate of drug-likeness (QED) is 0.815. The molecule has 0 spiro atoms. The smallest absolute Gasteiger partial charge is 0.333 e. The van der Waals surface area contributed by atoms with Crippen LogP contribution in [0.25, 0.3) is 5.69 Å². The van der Waals surface area contributed by atoms with Crippen molar-refractivity contribution in [3.8, 4) is 11.8 Å². The summed E-state index contributed by atoms with van der Waals surface area (Å²) in [5.41, 5.74) is 1.94. The molecule has 0 amide bonds. The minimum absolute atomic E-state index is 0.0494. The SMILES string of the molecule is Cn1c2c(n(-c3ccc(C#N)c(NCCOF)c3)c1=O)CC(C)(C)CC2=O. The largest absolute Gasteiger partial charge is 0.381 e. The molecule has 142 valence electrons. The molecular weight excluding hydrogens is 351 g/mol. The van der Waals surface area contributed by atoms with Crippen molar-refractivity contribution in [1.82, 2.24) is 9.13 Å². The molecule has 0 unspecified atom stereocenters. The van der Waals surface area contributed by atoms with Crippen molar-refractivity contribution in [2.24, 2.45) is 12.5 Å². The zero-order valence-electron chi connectivity index (χ0n) is 15.5. The first-order chi connectivity index (χ1) is 12.8. The summed E-state index contributed by atoms with van der Waals surface area (Å²) in [4.78, 5) is 29.0. The minimum Gasteiger partial charge on any atom is -0.381 e. The van der Waals surface area contributed by atoms with Gasteiger partial charge in [0.1, 0.15) is 18.4 Å². The molecule has 1 aromatic heterocycles. The van der Waals surface area contributed by atoms with Crippen LogP contribution < -0.4 is 11.0 Å². The number of carbonyl (C=O) groups is 1. The summed E-state index contributed by atoms with van der Waals surface area (Å²) in [7, 11) is 1.59. The van der Waals surface area contributed by atoms with E-state index >= 15 is 0 Å². The second-order valence-electron chi connectivity index (χ2n) is 7.49. The van der Waals surface area contributed by atoms with Crippen LogP contribution in [0.4, 0.5) is 10.2 Å². The van der Waals surface area contributed by atoms with Crippen molar-refractivity contribution in [1.29, 1.82) is 5.26 Å². The lowest BCUT2D eigenvalue weighted by Gasteiger charge is -2.29. The minimum atomic E-state index is -0.311. The van der Waals surface area contributed by atoms with Gasteiger partial charge in [-0.1, -0.05) is 13.8 Å². The highest BCUT2D eigenvalue weighted by Crippen LogP contribution is 2.35. The fourth-order valence-electron chi connectivity index (χ4n) is 3.61. The van der Waals surface area contributed by atoms with Gasteiger partial charge in [-0.05, 0) is 34.6 Å². The number of ketones is 1. The van der Waals surface area contributed by atoms with E-state index in [1.54, 1.807) is 25.2 Å². The van der Waals surface area contributed by atoms with E-state index < -0.39 is 0 Å². The number of nitriles is 1. The van der Waals surface area contributed by atoms with Crippen molar-refractivity contribution < 1.29 is 14.3 Å². The molecule has 1 aliphatic carbocycles. The first-order valence-corrected chi connectivity index (χ1v) is 8.65. The Bertz CT molecular complexity index is 998. The molecule has 0 saturated heterocycles. The number of nitrogens with one attached hydrogen (secondary N) is 1. The number of halogens is 1. The van der Waals surface area contributed by atoms with Crippen molar-refractivity contribution >= 4 is 11.5 Å². The van der Waals surface area contributed by atoms with Crippen LogP contribution in [0.3, 0.4) is 0 Å². The molecule has 1 aliphatic rings. The fraction of sp³-hybridized carbons (Fsp3) is 0.421. The first-order valence-electron chi connectivity index (χ1n) is 8.65. The summed E-state index contributed by atoms with van der Waals surface area (Å²) in [6.45, 7) is 4.00. The number of hydrogen-bond acceptors (Lipinski definition) is 5. The second kappa shape index (κ2) is 7.00. The van der Waals surface area contributed by atoms with Gasteiger partial charge in [-0.2, -0.15) is 10.2 Å². The standard InChI is InChI=1S/C19H21FN4O3/c1-19(2)9-15-17(16(25)10-19)23(3)18(26)24(15)13-5-4-12(11-21)14(8-13)22-6-7-27-20/h4-5,8,22H,6-7,9-10H2,1-3H3. The third-order valence-corrected chi connectivity index (χ3v) is 4.78. The molecule has 8 heteroatoms. The van der Waals surface area contributed by atoms with Crippen molar-refractivity contribution in [3.05, 3.63) is 45.6 Å². The summed E-state index contributed by atoms with van der Waals surface area (Å²) in [5.74, 6) is -0.0494. The van der Waals surface area contributed by atoms with Gasteiger partial charge in [0.05, 0.1) is 22.6 Å². The molecule has 2 aromatic rings. The lowest BCUT2D eigenvalue weighted by Crippen LogP contribution is -2.29. The summed E-state index contributed by atoms with van der Waals surface area (Å²) in [6.07, 6.45) is 0.976. The van der Waals surface area contributed by atoms with E-state index in [0.29, 0.717) is 41.2 Å². The maximum absolute atomic E-state index is 12.9. The van der Waals surface area contributed by atoms with Crippen LogP contribution in [0.15, 0.2) is 23.0 Å². The zero-order chi connectivity index (χ0) is 19.8. The molecule has 0 radical (unpaired) electrons. The molecular formula is C19H21FN4O3. The number of anilines is 1. The molecule has 0 bridgehead atoms. The van der Waals surface area contributed by atoms with Crippen LogP contribution in [0, 0.1) is 16.7 Å². The zero-order valence-corrected chi connectivity index (χ0v) is 15.5. The predicted octanol–water partition coefficient (Wildman–Crippen LogP) is 2.52. The highest BCUT2D eigenvalue weighted by Gasteiger charge is 2.36. The van der Waals surface area contributed by atoms with Crippen LogP contribution in [0.5, 0.6) is 0 Å². The molecule has 0 atom stereocenters. The molecule has 1 N–H and O–H groups in total. The van der Waals surface area contributed by atoms with Gasteiger partial charge in [0, 0.05) is 20.0 Å². The molecule has 27 heavy (non-hydrogen) atoms. The van der Waals surface area contributed by atoms with Gasteiger partial charge < -0.3 is 5.32 Å². The van der Waals surface area contributed by atoms with Crippen LogP contribution in [-0.4, -0.2) is 28.1 Å². The van der Waals surface area contributed by atoms with Crippen molar-refractivity contribution in [2.75, 3.05) is 18.5 Å². The first kappa shape index (κ1) is 18.9. The van der Waals surface area contributed by atoms with Gasteiger partial charge in [0.15, 0.2) is 5.78 Å². The number of imidazole rings is 1. The Labute approximate surface area is 155 Å². The van der Waals surface area contributed by atoms with E-state index in [9.17, 15) is 19.4 Å². The van der Waals surface area contributed by atoms with Gasteiger partial charge in [-0.3, -0.25) is 13.9 Å². The van der Waals surface area contributed by atoms with Gasteiger partial charge >= 0.3 is 5.69 Å². The van der Waals surface area contributed by atoms with E-state index in [4.69, 9.17) is 0 Å². The van der Waals surface area contributed by atoms with Gasteiger partial charge in [0.25, 0.3) is 0 Å². The topological polar surface area (TPSA) is 89.0 Å². The average Bonchev–Trinajstić information content (AvgIpc) is 2.84. The Kier molecular flexibility index (Phi) is 4.89. The lowest BCUT2D eigenvalue weighted by atomic mass is 9.77. The summed E-state index contributed by atoms with van der Waals surface area (Å²) in [6, 6.07) is 6.98. The van der Waals surface area contributed by atoms with Crippen molar-refractivity contribution in [2.45, 2.75) is 26.7 Å². The highest BCUT2D eigenvalue weighted by atomic mass is 19.3. The Morgan fingerprint density at radius 2 is 2.07 bits per heavy atom. The maximum atomic E-state index is 12.9. The Balaban J connectivity index is 2.14. The Morgan fingerprint density at radius 1 is 1.33 bits per heavy atom. The van der Waals surface area contributed by atoms with E-state index in [1.165, 1.54) is 9.13 Å². The fourth-order valence-corrected chi connectivity index (χ4v) is 3.61. The highest BCUT2D eigenvalue weighted by molar-refractivity contribution is 5.97. The number of carbonyl (C=O) groups excluding carboxylic acids is 1. The van der Waals surface area contributed by atoms with Crippen molar-refractivity contribution in [3.63, 3.8) is 0 Å². The third kappa shape index (κ3) is 3.38. The van der Waals surface area contributed by atoms with E-state index in [0.717, 1.165) is 0 Å². The summed E-state index contributed by atoms with van der Waals surface area (Å²) >= 11 is 0. The van der Waals surface area contributed by atoms with Crippen LogP contribution in [0.2, 0.25) is 0 Å². The number of benzene rings is 1. The number of Topliss-reactive ketones (excluding diaryl/α,β-unsaturated/α-hetero) is 1. The predicted molar refractivity (Wildman–Crippen MR) is 97.7 cm³/mol. The molecule has 1 heterocycles. The monoisotopic (exact) mass is 372 g/mol. The molecule has 0 fully saturated rings. The van der Waals surface area contributed by atoms with Gasteiger partial charge in [-0.15, -0.1) is 0 Å². The van der Waals surface area contributed by atoms with Gasteiger partial charge in [0.2, 0.25) is 0 Å². The number of fused-ring (bicyclic) bond motifs is 1. The maximum Gasteiger partial charge on any atom is 0.333 e. The van der Waals surface area contributed by atoms with Crippen LogP contribution in [0.1, 0.15) is 42.0 Å². The number of nitrogens with zero attached hydrogens (tertiary/aromatic N) is 3. The molecule has 0 aliphatic heterocycles. The van der Waals surface area contributed by atoms with Crippen LogP contribution in [-0.2, 0) is 18.4 Å². The lowest BCUT2D eigenvalue weighted by molar-refractivity contribution is -0.127. The van der Waals surface area contributed by atoms with Gasteiger partial charge in [-0.25, -0.2) is 4.79 Å². The summed E-state index contributed by atoms with van der Waals surface area (Å²) < 4.78 is 14.8. The average molecular weight is 372 g/mol. The third-order valence-electron chi connectivity index (χ3n) is 4.78.